The second kappa shape index (κ2) is 5.78. The number of hydrogen-bond donors (Lipinski definition) is 1. The van der Waals surface area contributed by atoms with Crippen molar-refractivity contribution in [2.24, 2.45) is 0 Å². The van der Waals surface area contributed by atoms with E-state index in [2.05, 4.69) is 35.4 Å². The minimum absolute atomic E-state index is 0.820. The van der Waals surface area contributed by atoms with E-state index in [1.807, 2.05) is 30.3 Å². The first-order valence-corrected chi connectivity index (χ1v) is 6.96. The highest BCUT2D eigenvalue weighted by molar-refractivity contribution is 5.73. The van der Waals surface area contributed by atoms with Crippen molar-refractivity contribution in [3.8, 4) is 0 Å². The Labute approximate surface area is 118 Å². The van der Waals surface area contributed by atoms with Gasteiger partial charge in [0.15, 0.2) is 11.5 Å². The molecular formula is C17H18N2O. The van der Waals surface area contributed by atoms with Crippen molar-refractivity contribution in [2.75, 3.05) is 11.9 Å². The highest BCUT2D eigenvalue weighted by Gasteiger charge is 2.05. The zero-order valence-electron chi connectivity index (χ0n) is 11.6. The van der Waals surface area contributed by atoms with Crippen LogP contribution in [-0.2, 0) is 6.42 Å². The minimum atomic E-state index is 0.820. The molecule has 0 saturated heterocycles. The minimum Gasteiger partial charge on any atom is -0.441 e. The number of nitrogens with one attached hydrogen (secondary N) is 1. The normalized spacial score (nSPS) is 10.8. The molecule has 1 aromatic heterocycles. The highest BCUT2D eigenvalue weighted by atomic mass is 16.3. The van der Waals surface area contributed by atoms with Crippen LogP contribution in [0, 0.1) is 6.92 Å². The molecule has 0 spiro atoms. The van der Waals surface area contributed by atoms with Crippen molar-refractivity contribution in [1.29, 1.82) is 0 Å². The van der Waals surface area contributed by atoms with E-state index in [9.17, 15) is 0 Å². The van der Waals surface area contributed by atoms with Crippen LogP contribution in [0.25, 0.3) is 11.1 Å². The maximum atomic E-state index is 5.76. The molecule has 0 fully saturated rings. The lowest BCUT2D eigenvalue weighted by Gasteiger charge is -2.04. The molecule has 102 valence electrons. The summed E-state index contributed by atoms with van der Waals surface area (Å²) in [5, 5.41) is 3.39. The van der Waals surface area contributed by atoms with Gasteiger partial charge in [0.1, 0.15) is 5.52 Å². The zero-order chi connectivity index (χ0) is 13.8. The first kappa shape index (κ1) is 12.7. The number of nitrogens with zero attached hydrogens (tertiary/aromatic N) is 1. The van der Waals surface area contributed by atoms with Crippen LogP contribution in [0.3, 0.4) is 0 Å². The van der Waals surface area contributed by atoms with E-state index in [1.165, 1.54) is 5.56 Å². The lowest BCUT2D eigenvalue weighted by molar-refractivity contribution is 0.523. The molecule has 3 heteroatoms. The summed E-state index contributed by atoms with van der Waals surface area (Å²) in [5.74, 6) is 0.820. The highest BCUT2D eigenvalue weighted by Crippen LogP contribution is 2.17. The second-order valence-corrected chi connectivity index (χ2v) is 4.98. The third-order valence-corrected chi connectivity index (χ3v) is 3.26. The summed E-state index contributed by atoms with van der Waals surface area (Å²) in [6.45, 7) is 2.98. The molecule has 0 bridgehead atoms. The predicted octanol–water partition coefficient (Wildman–Crippen LogP) is 4.18. The summed E-state index contributed by atoms with van der Waals surface area (Å²) in [6, 6.07) is 16.3. The fourth-order valence-corrected chi connectivity index (χ4v) is 2.21. The van der Waals surface area contributed by atoms with Crippen LogP contribution >= 0.6 is 0 Å². The van der Waals surface area contributed by atoms with Gasteiger partial charge in [-0.3, -0.25) is 0 Å². The Morgan fingerprint density at radius 2 is 1.95 bits per heavy atom. The number of benzene rings is 2. The molecule has 0 saturated carbocycles. The van der Waals surface area contributed by atoms with Gasteiger partial charge in [0.25, 0.3) is 0 Å². The Morgan fingerprint density at radius 1 is 1.10 bits per heavy atom. The fraction of sp³-hybridized carbons (Fsp3) is 0.235. The maximum absolute atomic E-state index is 5.76. The van der Waals surface area contributed by atoms with Gasteiger partial charge in [-0.15, -0.1) is 0 Å². The van der Waals surface area contributed by atoms with Gasteiger partial charge in [0.05, 0.1) is 0 Å². The molecule has 0 unspecified atom stereocenters. The Bertz CT molecular complexity index is 689. The zero-order valence-corrected chi connectivity index (χ0v) is 11.6. The Morgan fingerprint density at radius 3 is 2.80 bits per heavy atom. The SMILES string of the molecule is Cc1ccc2nc(CCCNc3ccccc3)oc2c1. The monoisotopic (exact) mass is 266 g/mol. The molecule has 0 amide bonds. The van der Waals surface area contributed by atoms with Gasteiger partial charge < -0.3 is 9.73 Å². The second-order valence-electron chi connectivity index (χ2n) is 4.98. The van der Waals surface area contributed by atoms with Crippen molar-refractivity contribution < 1.29 is 4.42 Å². The number of rotatable bonds is 5. The molecule has 1 heterocycles. The van der Waals surface area contributed by atoms with Crippen LogP contribution in [0.1, 0.15) is 17.9 Å². The lowest BCUT2D eigenvalue weighted by atomic mass is 10.2. The molecule has 0 aliphatic heterocycles. The molecule has 0 atom stereocenters. The predicted molar refractivity (Wildman–Crippen MR) is 82.0 cm³/mol. The van der Waals surface area contributed by atoms with E-state index in [0.717, 1.165) is 42.1 Å². The summed E-state index contributed by atoms with van der Waals surface area (Å²) in [4.78, 5) is 4.50. The van der Waals surface area contributed by atoms with Crippen LogP contribution in [0.5, 0.6) is 0 Å². The first-order chi connectivity index (χ1) is 9.81. The standard InChI is InChI=1S/C17H18N2O/c1-13-9-10-15-16(12-13)20-17(19-15)8-5-11-18-14-6-3-2-4-7-14/h2-4,6-7,9-10,12,18H,5,8,11H2,1H3. The Kier molecular flexibility index (Phi) is 3.68. The maximum Gasteiger partial charge on any atom is 0.195 e. The van der Waals surface area contributed by atoms with E-state index >= 15 is 0 Å². The number of aromatic nitrogens is 1. The summed E-state index contributed by atoms with van der Waals surface area (Å²) in [6.07, 6.45) is 1.86. The van der Waals surface area contributed by atoms with E-state index in [1.54, 1.807) is 0 Å². The van der Waals surface area contributed by atoms with Crippen molar-refractivity contribution >= 4 is 16.8 Å². The lowest BCUT2D eigenvalue weighted by Crippen LogP contribution is -2.02. The molecular weight excluding hydrogens is 248 g/mol. The van der Waals surface area contributed by atoms with Crippen LogP contribution in [0.15, 0.2) is 52.9 Å². The van der Waals surface area contributed by atoms with Gasteiger partial charge in [-0.1, -0.05) is 24.3 Å². The van der Waals surface area contributed by atoms with E-state index in [-0.39, 0.29) is 0 Å². The quantitative estimate of drug-likeness (QED) is 0.704. The first-order valence-electron chi connectivity index (χ1n) is 6.96. The average Bonchev–Trinajstić information content (AvgIpc) is 2.86. The topological polar surface area (TPSA) is 38.1 Å². The Hall–Kier alpha value is -2.29. The van der Waals surface area contributed by atoms with E-state index < -0.39 is 0 Å². The molecule has 3 aromatic rings. The summed E-state index contributed by atoms with van der Waals surface area (Å²) in [7, 11) is 0. The molecule has 0 radical (unpaired) electrons. The van der Waals surface area contributed by atoms with Gasteiger partial charge in [0.2, 0.25) is 0 Å². The van der Waals surface area contributed by atoms with E-state index in [4.69, 9.17) is 4.42 Å². The van der Waals surface area contributed by atoms with Crippen molar-refractivity contribution in [3.63, 3.8) is 0 Å². The fourth-order valence-electron chi connectivity index (χ4n) is 2.21. The smallest absolute Gasteiger partial charge is 0.195 e. The number of oxazole rings is 1. The van der Waals surface area contributed by atoms with Crippen molar-refractivity contribution in [1.82, 2.24) is 4.98 Å². The summed E-state index contributed by atoms with van der Waals surface area (Å²) < 4.78 is 5.76. The third kappa shape index (κ3) is 2.99. The van der Waals surface area contributed by atoms with Crippen LogP contribution in [-0.4, -0.2) is 11.5 Å². The number of hydrogen-bond acceptors (Lipinski definition) is 3. The molecule has 20 heavy (non-hydrogen) atoms. The number of para-hydroxylation sites is 1. The Balaban J connectivity index is 1.55. The molecule has 2 aromatic carbocycles. The molecule has 0 aliphatic rings. The molecule has 1 N–H and O–H groups in total. The van der Waals surface area contributed by atoms with Gasteiger partial charge in [-0.25, -0.2) is 4.98 Å². The van der Waals surface area contributed by atoms with Crippen LogP contribution in [0.2, 0.25) is 0 Å². The average molecular weight is 266 g/mol. The largest absolute Gasteiger partial charge is 0.441 e. The van der Waals surface area contributed by atoms with Gasteiger partial charge >= 0.3 is 0 Å². The molecule has 3 rings (SSSR count). The van der Waals surface area contributed by atoms with Crippen molar-refractivity contribution in [3.05, 3.63) is 60.0 Å². The number of aryl methyl sites for hydroxylation is 2. The van der Waals surface area contributed by atoms with Crippen LogP contribution < -0.4 is 5.32 Å². The summed E-state index contributed by atoms with van der Waals surface area (Å²) >= 11 is 0. The van der Waals surface area contributed by atoms with Gasteiger partial charge in [-0.2, -0.15) is 0 Å². The third-order valence-electron chi connectivity index (χ3n) is 3.26. The van der Waals surface area contributed by atoms with Gasteiger partial charge in [0, 0.05) is 18.7 Å². The van der Waals surface area contributed by atoms with Crippen LogP contribution in [0.4, 0.5) is 5.69 Å². The number of anilines is 1. The molecule has 3 nitrogen and oxygen atoms in total. The van der Waals surface area contributed by atoms with E-state index in [0.29, 0.717) is 0 Å². The van der Waals surface area contributed by atoms with Gasteiger partial charge in [-0.05, 0) is 43.2 Å². The van der Waals surface area contributed by atoms with Crippen molar-refractivity contribution in [2.45, 2.75) is 19.8 Å². The summed E-state index contributed by atoms with van der Waals surface area (Å²) in [5.41, 5.74) is 4.18. The number of fused-ring (bicyclic) bond motifs is 1. The molecule has 0 aliphatic carbocycles.